The normalized spacial score (nSPS) is 11.1. The summed E-state index contributed by atoms with van der Waals surface area (Å²) in [5.74, 6) is 2.39. The molecule has 128 valence electrons. The molecule has 0 fully saturated rings. The van der Waals surface area contributed by atoms with Gasteiger partial charge in [-0.1, -0.05) is 12.1 Å². The average molecular weight is 330 g/mol. The van der Waals surface area contributed by atoms with Crippen LogP contribution in [0.3, 0.4) is 0 Å². The quantitative estimate of drug-likeness (QED) is 0.790. The minimum Gasteiger partial charge on any atom is -0.497 e. The van der Waals surface area contributed by atoms with Crippen LogP contribution in [0.15, 0.2) is 36.4 Å². The molecule has 24 heavy (non-hydrogen) atoms. The van der Waals surface area contributed by atoms with E-state index in [1.54, 1.807) is 28.4 Å². The van der Waals surface area contributed by atoms with Crippen molar-refractivity contribution in [1.82, 2.24) is 0 Å². The first kappa shape index (κ1) is 17.7. The van der Waals surface area contributed by atoms with Crippen LogP contribution in [0, 0.1) is 0 Å². The van der Waals surface area contributed by atoms with Crippen LogP contribution in [-0.4, -0.2) is 40.2 Å². The van der Waals surface area contributed by atoms with Crippen molar-refractivity contribution in [1.29, 1.82) is 0 Å². The van der Waals surface area contributed by atoms with Gasteiger partial charge in [-0.3, -0.25) is 0 Å². The summed E-state index contributed by atoms with van der Waals surface area (Å²) >= 11 is 0. The average Bonchev–Trinajstić information content (AvgIpc) is 2.65. The van der Waals surface area contributed by atoms with Gasteiger partial charge in [-0.05, 0) is 47.0 Å². The van der Waals surface area contributed by atoms with E-state index in [-0.39, 0.29) is 6.61 Å². The second-order valence-corrected chi connectivity index (χ2v) is 5.01. The summed E-state index contributed by atoms with van der Waals surface area (Å²) in [5, 5.41) is 9.79. The number of hydrogen-bond acceptors (Lipinski definition) is 5. The van der Waals surface area contributed by atoms with Crippen LogP contribution in [0.4, 0.5) is 0 Å². The van der Waals surface area contributed by atoms with Crippen molar-refractivity contribution in [2.75, 3.05) is 35.0 Å². The van der Waals surface area contributed by atoms with Gasteiger partial charge in [0.1, 0.15) is 5.75 Å². The lowest BCUT2D eigenvalue weighted by Gasteiger charge is -2.15. The first-order valence-electron chi connectivity index (χ1n) is 7.42. The topological polar surface area (TPSA) is 57.2 Å². The van der Waals surface area contributed by atoms with E-state index < -0.39 is 0 Å². The van der Waals surface area contributed by atoms with E-state index in [2.05, 4.69) is 0 Å². The van der Waals surface area contributed by atoms with E-state index in [9.17, 15) is 5.11 Å². The summed E-state index contributed by atoms with van der Waals surface area (Å²) in [6.45, 7) is -0.120. The van der Waals surface area contributed by atoms with Crippen LogP contribution in [0.1, 0.15) is 11.1 Å². The number of rotatable bonds is 7. The molecule has 2 rings (SSSR count). The largest absolute Gasteiger partial charge is 0.497 e. The summed E-state index contributed by atoms with van der Waals surface area (Å²) in [5.41, 5.74) is 2.48. The minimum absolute atomic E-state index is 0.120. The monoisotopic (exact) mass is 330 g/mol. The smallest absolute Gasteiger partial charge is 0.203 e. The number of aliphatic hydroxyl groups excluding tert-OH is 1. The highest BCUT2D eigenvalue weighted by atomic mass is 16.5. The lowest BCUT2D eigenvalue weighted by molar-refractivity contribution is 0.323. The molecule has 0 unspecified atom stereocenters. The van der Waals surface area contributed by atoms with Crippen LogP contribution < -0.4 is 18.9 Å². The van der Waals surface area contributed by atoms with Gasteiger partial charge in [0.25, 0.3) is 0 Å². The third-order valence-corrected chi connectivity index (χ3v) is 3.66. The summed E-state index contributed by atoms with van der Waals surface area (Å²) in [6, 6.07) is 11.2. The fourth-order valence-electron chi connectivity index (χ4n) is 2.39. The van der Waals surface area contributed by atoms with Crippen molar-refractivity contribution in [3.8, 4) is 23.0 Å². The number of aliphatic hydroxyl groups is 1. The van der Waals surface area contributed by atoms with Crippen LogP contribution in [0.25, 0.3) is 11.6 Å². The third kappa shape index (κ3) is 3.81. The molecule has 5 nitrogen and oxygen atoms in total. The lowest BCUT2D eigenvalue weighted by atomic mass is 10.0. The fourth-order valence-corrected chi connectivity index (χ4v) is 2.39. The van der Waals surface area contributed by atoms with Gasteiger partial charge in [-0.2, -0.15) is 0 Å². The number of hydrogen-bond donors (Lipinski definition) is 1. The Morgan fingerprint density at radius 2 is 1.46 bits per heavy atom. The fraction of sp³-hybridized carbons (Fsp3) is 0.263. The molecule has 0 bridgehead atoms. The van der Waals surface area contributed by atoms with E-state index in [1.807, 2.05) is 42.5 Å². The Bertz CT molecular complexity index is 679. The molecule has 2 aromatic carbocycles. The molecular weight excluding hydrogens is 308 g/mol. The summed E-state index contributed by atoms with van der Waals surface area (Å²) < 4.78 is 21.2. The maximum atomic E-state index is 9.79. The van der Waals surface area contributed by atoms with Gasteiger partial charge in [0.2, 0.25) is 5.75 Å². The summed E-state index contributed by atoms with van der Waals surface area (Å²) in [7, 11) is 6.31. The van der Waals surface area contributed by atoms with E-state index in [4.69, 9.17) is 18.9 Å². The van der Waals surface area contributed by atoms with E-state index >= 15 is 0 Å². The molecular formula is C19H22O5. The molecule has 0 aromatic heterocycles. The van der Waals surface area contributed by atoms with Crippen LogP contribution in [0.5, 0.6) is 23.0 Å². The van der Waals surface area contributed by atoms with Crippen molar-refractivity contribution >= 4 is 11.6 Å². The van der Waals surface area contributed by atoms with Gasteiger partial charge in [-0.25, -0.2) is 0 Å². The SMILES string of the molecule is COc1ccc(/C=C(/CO)c2cc(OC)c(OC)c(OC)c2)cc1. The predicted octanol–water partition coefficient (Wildman–Crippen LogP) is 3.25. The zero-order chi connectivity index (χ0) is 17.5. The zero-order valence-electron chi connectivity index (χ0n) is 14.3. The maximum absolute atomic E-state index is 9.79. The Labute approximate surface area is 142 Å². The molecule has 0 aliphatic carbocycles. The molecule has 0 aliphatic rings. The Balaban J connectivity index is 2.47. The van der Waals surface area contributed by atoms with Gasteiger partial charge < -0.3 is 24.1 Å². The van der Waals surface area contributed by atoms with Crippen LogP contribution in [0.2, 0.25) is 0 Å². The molecule has 0 saturated heterocycles. The molecule has 1 N–H and O–H groups in total. The Kier molecular flexibility index (Phi) is 6.09. The number of ether oxygens (including phenoxy) is 4. The van der Waals surface area contributed by atoms with E-state index in [0.717, 1.165) is 22.4 Å². The van der Waals surface area contributed by atoms with Crippen molar-refractivity contribution in [2.45, 2.75) is 0 Å². The first-order chi connectivity index (χ1) is 11.7. The highest BCUT2D eigenvalue weighted by Crippen LogP contribution is 2.40. The van der Waals surface area contributed by atoms with E-state index in [0.29, 0.717) is 17.2 Å². The molecule has 0 radical (unpaired) electrons. The van der Waals surface area contributed by atoms with Gasteiger partial charge in [0.15, 0.2) is 11.5 Å². The Morgan fingerprint density at radius 1 is 0.875 bits per heavy atom. The zero-order valence-corrected chi connectivity index (χ0v) is 14.3. The molecule has 0 atom stereocenters. The maximum Gasteiger partial charge on any atom is 0.203 e. The number of benzene rings is 2. The van der Waals surface area contributed by atoms with Gasteiger partial charge in [0.05, 0.1) is 35.0 Å². The van der Waals surface area contributed by atoms with Gasteiger partial charge >= 0.3 is 0 Å². The van der Waals surface area contributed by atoms with Crippen molar-refractivity contribution in [3.05, 3.63) is 47.5 Å². The predicted molar refractivity (Wildman–Crippen MR) is 94.0 cm³/mol. The second kappa shape index (κ2) is 8.26. The van der Waals surface area contributed by atoms with Crippen molar-refractivity contribution in [2.24, 2.45) is 0 Å². The first-order valence-corrected chi connectivity index (χ1v) is 7.42. The third-order valence-electron chi connectivity index (χ3n) is 3.66. The molecule has 0 aliphatic heterocycles. The van der Waals surface area contributed by atoms with Gasteiger partial charge in [0, 0.05) is 0 Å². The summed E-state index contributed by atoms with van der Waals surface area (Å²) in [4.78, 5) is 0. The van der Waals surface area contributed by atoms with Gasteiger partial charge in [-0.15, -0.1) is 0 Å². The summed E-state index contributed by atoms with van der Waals surface area (Å²) in [6.07, 6.45) is 1.90. The molecule has 0 saturated carbocycles. The highest BCUT2D eigenvalue weighted by molar-refractivity contribution is 5.83. The molecule has 0 spiro atoms. The Morgan fingerprint density at radius 3 is 1.88 bits per heavy atom. The Hall–Kier alpha value is -2.66. The van der Waals surface area contributed by atoms with E-state index in [1.165, 1.54) is 0 Å². The van der Waals surface area contributed by atoms with Crippen LogP contribution >= 0.6 is 0 Å². The molecule has 2 aromatic rings. The lowest BCUT2D eigenvalue weighted by Crippen LogP contribution is -1.98. The molecule has 0 amide bonds. The second-order valence-electron chi connectivity index (χ2n) is 5.01. The van der Waals surface area contributed by atoms with Crippen LogP contribution in [-0.2, 0) is 0 Å². The molecule has 0 heterocycles. The molecule has 5 heteroatoms. The van der Waals surface area contributed by atoms with Crippen molar-refractivity contribution in [3.63, 3.8) is 0 Å². The standard InChI is InChI=1S/C19H22O5/c1-21-16-7-5-13(6-8-16)9-15(12-20)14-10-17(22-2)19(24-4)18(11-14)23-3/h5-11,20H,12H2,1-4H3/b15-9-. The van der Waals surface area contributed by atoms with Crippen molar-refractivity contribution < 1.29 is 24.1 Å². The minimum atomic E-state index is -0.120. The number of methoxy groups -OCH3 is 4. The highest BCUT2D eigenvalue weighted by Gasteiger charge is 2.15.